The molecule has 1 fully saturated rings. The smallest absolute Gasteiger partial charge is 0.358 e. The third-order valence-corrected chi connectivity index (χ3v) is 8.59. The Bertz CT molecular complexity index is 1400. The fourth-order valence-electron chi connectivity index (χ4n) is 4.60. The van der Waals surface area contributed by atoms with Crippen LogP contribution in [0.3, 0.4) is 0 Å². The van der Waals surface area contributed by atoms with Crippen LogP contribution in [0.1, 0.15) is 46.4 Å². The number of aromatic nitrogens is 2. The topological polar surface area (TPSA) is 145 Å². The second-order valence-corrected chi connectivity index (χ2v) is 13.2. The van der Waals surface area contributed by atoms with Crippen molar-refractivity contribution in [3.63, 3.8) is 0 Å². The van der Waals surface area contributed by atoms with Gasteiger partial charge in [-0.3, -0.25) is 14.0 Å². The van der Waals surface area contributed by atoms with Crippen LogP contribution in [0.5, 0.6) is 0 Å². The molecule has 0 saturated carbocycles. The molecule has 0 radical (unpaired) electrons. The maximum atomic E-state index is 13.4. The van der Waals surface area contributed by atoms with Crippen molar-refractivity contribution < 1.29 is 37.4 Å². The molecule has 13 heteroatoms. The van der Waals surface area contributed by atoms with E-state index in [2.05, 4.69) is 4.98 Å². The monoisotopic (exact) mass is 539 g/mol. The van der Waals surface area contributed by atoms with Gasteiger partial charge in [0.25, 0.3) is 0 Å². The van der Waals surface area contributed by atoms with Crippen molar-refractivity contribution in [2.24, 2.45) is 17.3 Å². The van der Waals surface area contributed by atoms with Gasteiger partial charge in [0.05, 0.1) is 28.4 Å². The molecule has 11 nitrogen and oxygen atoms in total. The van der Waals surface area contributed by atoms with E-state index in [1.165, 1.54) is 25.1 Å². The maximum absolute atomic E-state index is 13.4. The van der Waals surface area contributed by atoms with E-state index in [1.54, 1.807) is 31.4 Å². The van der Waals surface area contributed by atoms with Crippen LogP contribution < -0.4 is 0 Å². The summed E-state index contributed by atoms with van der Waals surface area (Å²) in [6.45, 7) is 9.77. The number of thiazole rings is 1. The molecule has 2 aliphatic rings. The molecule has 2 aliphatic heterocycles. The molecular weight excluding hydrogens is 510 g/mol. The van der Waals surface area contributed by atoms with Crippen LogP contribution in [0.4, 0.5) is 0 Å². The predicted molar refractivity (Wildman–Crippen MR) is 129 cm³/mol. The number of fused-ring (bicyclic) bond motifs is 2. The quantitative estimate of drug-likeness (QED) is 0.330. The lowest BCUT2D eigenvalue weighted by Crippen LogP contribution is -2.63. The standard InChI is InChI=1S/C23H29N3O8S2/c1-10-14(13-8-25-9-24-18(20(25)35-13)36(7,31)32)17(26-16(10)15(11(2)27)19(26)28)21(29)33-12(3)34-22(30)23(4,5)6/h8-12,15-16,27H,1-7H3/t10-,11+,12?,15+,16+/m0/s1. The molecule has 1 unspecified atom stereocenters. The zero-order valence-corrected chi connectivity index (χ0v) is 22.6. The first-order valence-electron chi connectivity index (χ1n) is 11.4. The van der Waals surface area contributed by atoms with Gasteiger partial charge in [0, 0.05) is 30.9 Å². The molecule has 196 valence electrons. The molecule has 4 heterocycles. The van der Waals surface area contributed by atoms with Gasteiger partial charge in [-0.2, -0.15) is 0 Å². The summed E-state index contributed by atoms with van der Waals surface area (Å²) in [5.41, 5.74) is -0.324. The lowest BCUT2D eigenvalue weighted by atomic mass is 9.77. The number of esters is 2. The van der Waals surface area contributed by atoms with Gasteiger partial charge in [0.15, 0.2) is 14.9 Å². The lowest BCUT2D eigenvalue weighted by Gasteiger charge is -2.46. The minimum Gasteiger partial charge on any atom is -0.425 e. The summed E-state index contributed by atoms with van der Waals surface area (Å²) in [6.07, 6.45) is 1.95. The number of carbonyl (C=O) groups is 3. The van der Waals surface area contributed by atoms with Gasteiger partial charge in [-0.1, -0.05) is 6.92 Å². The molecular formula is C23H29N3O8S2. The number of imidazole rings is 1. The van der Waals surface area contributed by atoms with Crippen LogP contribution in [0.15, 0.2) is 23.2 Å². The Morgan fingerprint density at radius 3 is 2.42 bits per heavy atom. The molecule has 0 spiro atoms. The van der Waals surface area contributed by atoms with Crippen molar-refractivity contribution >= 4 is 49.4 Å². The van der Waals surface area contributed by atoms with Crippen molar-refractivity contribution in [2.75, 3.05) is 6.26 Å². The van der Waals surface area contributed by atoms with Crippen LogP contribution >= 0.6 is 11.3 Å². The number of hydrogen-bond acceptors (Lipinski definition) is 10. The van der Waals surface area contributed by atoms with E-state index in [1.807, 2.05) is 6.92 Å². The van der Waals surface area contributed by atoms with E-state index < -0.39 is 57.5 Å². The first kappa shape index (κ1) is 26.3. The third kappa shape index (κ3) is 4.22. The number of aliphatic hydroxyl groups is 1. The molecule has 1 amide bonds. The van der Waals surface area contributed by atoms with E-state index >= 15 is 0 Å². The average molecular weight is 540 g/mol. The lowest BCUT2D eigenvalue weighted by molar-refractivity contribution is -0.190. The van der Waals surface area contributed by atoms with Crippen LogP contribution in [0, 0.1) is 17.3 Å². The molecule has 0 aliphatic carbocycles. The predicted octanol–water partition coefficient (Wildman–Crippen LogP) is 1.85. The SMILES string of the molecule is CC(OC(=O)C1=C(c2cn3cnc(S(C)(=O)=O)c3s2)[C@H](C)[C@@H]2[C@@H]([C@@H](C)O)C(=O)N12)OC(=O)C(C)(C)C. The molecule has 5 atom stereocenters. The van der Waals surface area contributed by atoms with Crippen molar-refractivity contribution in [1.29, 1.82) is 0 Å². The number of sulfone groups is 1. The number of amides is 1. The zero-order valence-electron chi connectivity index (χ0n) is 21.0. The number of hydrogen-bond donors (Lipinski definition) is 1. The number of β-lactam (4-membered cyclic amide) rings is 1. The molecule has 0 bridgehead atoms. The summed E-state index contributed by atoms with van der Waals surface area (Å²) in [7, 11) is -3.59. The van der Waals surface area contributed by atoms with Crippen molar-refractivity contribution in [1.82, 2.24) is 14.3 Å². The molecule has 2 aromatic heterocycles. The summed E-state index contributed by atoms with van der Waals surface area (Å²) >= 11 is 1.13. The van der Waals surface area contributed by atoms with Gasteiger partial charge in [0.1, 0.15) is 16.9 Å². The molecule has 1 N–H and O–H groups in total. The minimum atomic E-state index is -3.59. The second kappa shape index (κ2) is 8.67. The Kier molecular flexibility index (Phi) is 6.33. The molecule has 0 aromatic carbocycles. The highest BCUT2D eigenvalue weighted by Crippen LogP contribution is 2.52. The Balaban J connectivity index is 1.76. The van der Waals surface area contributed by atoms with Crippen LogP contribution in [-0.2, 0) is 33.7 Å². The molecule has 1 saturated heterocycles. The van der Waals surface area contributed by atoms with E-state index in [-0.39, 0.29) is 16.6 Å². The van der Waals surface area contributed by atoms with E-state index in [9.17, 15) is 27.9 Å². The number of nitrogens with zero attached hydrogens (tertiary/aromatic N) is 3. The van der Waals surface area contributed by atoms with E-state index in [4.69, 9.17) is 9.47 Å². The van der Waals surface area contributed by atoms with E-state index in [0.29, 0.717) is 15.3 Å². The highest BCUT2D eigenvalue weighted by Gasteiger charge is 2.60. The minimum absolute atomic E-state index is 0.00794. The van der Waals surface area contributed by atoms with Crippen molar-refractivity contribution in [3.8, 4) is 0 Å². The van der Waals surface area contributed by atoms with Gasteiger partial charge in [-0.15, -0.1) is 11.3 Å². The van der Waals surface area contributed by atoms with Gasteiger partial charge in [-0.05, 0) is 27.7 Å². The largest absolute Gasteiger partial charge is 0.425 e. The van der Waals surface area contributed by atoms with Gasteiger partial charge in [0.2, 0.25) is 12.2 Å². The number of ether oxygens (including phenoxy) is 2. The van der Waals surface area contributed by atoms with E-state index in [0.717, 1.165) is 17.6 Å². The second-order valence-electron chi connectivity index (χ2n) is 10.3. The van der Waals surface area contributed by atoms with Crippen LogP contribution in [0.2, 0.25) is 0 Å². The Morgan fingerprint density at radius 2 is 1.86 bits per heavy atom. The molecule has 2 aromatic rings. The fraction of sp³-hybridized carbons (Fsp3) is 0.565. The van der Waals surface area contributed by atoms with Crippen molar-refractivity contribution in [3.05, 3.63) is 23.1 Å². The Hall–Kier alpha value is -2.77. The number of aliphatic hydroxyl groups excluding tert-OH is 1. The van der Waals surface area contributed by atoms with Crippen molar-refractivity contribution in [2.45, 2.75) is 65.0 Å². The summed E-state index contributed by atoms with van der Waals surface area (Å²) in [4.78, 5) is 44.8. The summed E-state index contributed by atoms with van der Waals surface area (Å²) in [5.74, 6) is -2.89. The Morgan fingerprint density at radius 1 is 1.22 bits per heavy atom. The number of carbonyl (C=O) groups excluding carboxylic acids is 3. The maximum Gasteiger partial charge on any atom is 0.358 e. The Labute approximate surface area is 212 Å². The molecule has 4 rings (SSSR count). The van der Waals surface area contributed by atoms with Gasteiger partial charge >= 0.3 is 11.9 Å². The van der Waals surface area contributed by atoms with Gasteiger partial charge < -0.3 is 19.5 Å². The third-order valence-electron chi connectivity index (χ3n) is 6.32. The summed E-state index contributed by atoms with van der Waals surface area (Å²) in [5, 5.41) is 10.1. The highest BCUT2D eigenvalue weighted by atomic mass is 32.2. The fourth-order valence-corrected chi connectivity index (χ4v) is 6.95. The first-order valence-corrected chi connectivity index (χ1v) is 14.1. The van der Waals surface area contributed by atoms with Gasteiger partial charge in [-0.25, -0.2) is 18.2 Å². The average Bonchev–Trinajstić information content (AvgIpc) is 3.35. The number of rotatable bonds is 6. The first-order chi connectivity index (χ1) is 16.5. The molecule has 36 heavy (non-hydrogen) atoms. The highest BCUT2D eigenvalue weighted by molar-refractivity contribution is 7.91. The normalized spacial score (nSPS) is 23.9. The zero-order chi connectivity index (χ0) is 26.9. The van der Waals surface area contributed by atoms with Crippen LogP contribution in [0.25, 0.3) is 10.4 Å². The van der Waals surface area contributed by atoms with Crippen LogP contribution in [-0.4, -0.2) is 70.3 Å². The summed E-state index contributed by atoms with van der Waals surface area (Å²) in [6, 6.07) is -0.476. The summed E-state index contributed by atoms with van der Waals surface area (Å²) < 4.78 is 36.5.